The predicted molar refractivity (Wildman–Crippen MR) is 126 cm³/mol. The Morgan fingerprint density at radius 1 is 0.853 bits per heavy atom. The fourth-order valence-electron chi connectivity index (χ4n) is 3.98. The van der Waals surface area contributed by atoms with Crippen LogP contribution in [0.4, 0.5) is 13.2 Å². The van der Waals surface area contributed by atoms with Crippen LogP contribution >= 0.6 is 0 Å². The molecule has 0 aliphatic carbocycles. The molecule has 7 heteroatoms. The number of amides is 1. The summed E-state index contributed by atoms with van der Waals surface area (Å²) in [6.45, 7) is 0.163. The minimum absolute atomic E-state index is 0.163. The van der Waals surface area contributed by atoms with E-state index in [2.05, 4.69) is 10.3 Å². The number of pyridine rings is 1. The first kappa shape index (κ1) is 21.5. The van der Waals surface area contributed by atoms with Gasteiger partial charge in [0, 0.05) is 28.6 Å². The number of carbonyl (C=O) groups is 1. The molecule has 5 aromatic rings. The average Bonchev–Trinajstić information content (AvgIpc) is 3.14. The van der Waals surface area contributed by atoms with Crippen LogP contribution in [0, 0.1) is 17.5 Å². The maximum absolute atomic E-state index is 13.9. The number of halogens is 3. The van der Waals surface area contributed by atoms with Crippen LogP contribution in [-0.2, 0) is 11.3 Å². The van der Waals surface area contributed by atoms with E-state index in [1.807, 2.05) is 41.0 Å². The first-order valence-electron chi connectivity index (χ1n) is 10.5. The largest absolute Gasteiger partial charge is 0.347 e. The Morgan fingerprint density at radius 3 is 2.44 bits per heavy atom. The van der Waals surface area contributed by atoms with Crippen LogP contribution in [0.25, 0.3) is 33.6 Å². The maximum Gasteiger partial charge on any atom is 0.244 e. The number of aromatic nitrogens is 2. The van der Waals surface area contributed by atoms with E-state index in [0.29, 0.717) is 11.4 Å². The van der Waals surface area contributed by atoms with Crippen LogP contribution in [0.15, 0.2) is 85.1 Å². The third-order valence-electron chi connectivity index (χ3n) is 5.44. The van der Waals surface area contributed by atoms with Crippen LogP contribution in [0.1, 0.15) is 11.3 Å². The van der Waals surface area contributed by atoms with Crippen LogP contribution in [-0.4, -0.2) is 15.5 Å². The van der Waals surface area contributed by atoms with Crippen molar-refractivity contribution in [2.24, 2.45) is 0 Å². The molecule has 1 amide bonds. The highest BCUT2D eigenvalue weighted by molar-refractivity contribution is 6.09. The molecular weight excluding hydrogens is 439 g/mol. The number of fused-ring (bicyclic) bond motifs is 3. The van der Waals surface area contributed by atoms with Crippen molar-refractivity contribution < 1.29 is 18.0 Å². The lowest BCUT2D eigenvalue weighted by atomic mass is 10.1. The summed E-state index contributed by atoms with van der Waals surface area (Å²) >= 11 is 0. The van der Waals surface area contributed by atoms with Crippen molar-refractivity contribution in [1.29, 1.82) is 0 Å². The highest BCUT2D eigenvalue weighted by Gasteiger charge is 2.13. The first-order chi connectivity index (χ1) is 16.5. The summed E-state index contributed by atoms with van der Waals surface area (Å²) in [5.41, 5.74) is 3.30. The van der Waals surface area contributed by atoms with Gasteiger partial charge in [0.2, 0.25) is 5.91 Å². The first-order valence-corrected chi connectivity index (χ1v) is 10.5. The molecule has 0 atom stereocenters. The molecule has 34 heavy (non-hydrogen) atoms. The highest BCUT2D eigenvalue weighted by atomic mass is 19.1. The van der Waals surface area contributed by atoms with Crippen LogP contribution < -0.4 is 5.32 Å². The molecule has 0 saturated heterocycles. The van der Waals surface area contributed by atoms with Crippen molar-refractivity contribution in [2.45, 2.75) is 6.54 Å². The van der Waals surface area contributed by atoms with Gasteiger partial charge in [0.15, 0.2) is 0 Å². The number of hydrogen-bond donors (Lipinski definition) is 1. The van der Waals surface area contributed by atoms with Gasteiger partial charge in [-0.2, -0.15) is 0 Å². The molecule has 0 aliphatic rings. The molecule has 2 aromatic heterocycles. The second-order valence-electron chi connectivity index (χ2n) is 7.78. The van der Waals surface area contributed by atoms with E-state index in [1.165, 1.54) is 24.3 Å². The Balaban J connectivity index is 1.42. The summed E-state index contributed by atoms with van der Waals surface area (Å²) in [6, 6.07) is 19.1. The molecule has 0 saturated carbocycles. The topological polar surface area (TPSA) is 46.9 Å². The Hall–Kier alpha value is -4.39. The summed E-state index contributed by atoms with van der Waals surface area (Å²) in [5.74, 6) is -2.18. The van der Waals surface area contributed by atoms with Gasteiger partial charge in [-0.3, -0.25) is 9.78 Å². The lowest BCUT2D eigenvalue weighted by Crippen LogP contribution is -2.20. The molecule has 0 spiro atoms. The van der Waals surface area contributed by atoms with Crippen LogP contribution in [0.3, 0.4) is 0 Å². The van der Waals surface area contributed by atoms with Gasteiger partial charge in [-0.05, 0) is 54.1 Å². The molecule has 0 unspecified atom stereocenters. The van der Waals surface area contributed by atoms with Gasteiger partial charge in [0.25, 0.3) is 0 Å². The lowest BCUT2D eigenvalue weighted by Gasteiger charge is -2.08. The second-order valence-corrected chi connectivity index (χ2v) is 7.78. The Bertz CT molecular complexity index is 1550. The summed E-state index contributed by atoms with van der Waals surface area (Å²) in [4.78, 5) is 16.7. The van der Waals surface area contributed by atoms with Crippen molar-refractivity contribution in [3.8, 4) is 5.69 Å². The average molecular weight is 457 g/mol. The van der Waals surface area contributed by atoms with Crippen molar-refractivity contribution in [2.75, 3.05) is 0 Å². The van der Waals surface area contributed by atoms with E-state index in [0.717, 1.165) is 40.0 Å². The zero-order valence-corrected chi connectivity index (χ0v) is 17.8. The van der Waals surface area contributed by atoms with Gasteiger partial charge in [0.1, 0.15) is 17.5 Å². The SMILES string of the molecule is O=C(/C=C/c1cc(F)cc(F)c1)NCc1cc2c3ccccc3n(-c3cccc(F)c3)c2cn1. The molecule has 0 fully saturated rings. The van der Waals surface area contributed by atoms with Crippen molar-refractivity contribution in [3.05, 3.63) is 114 Å². The fourth-order valence-corrected chi connectivity index (χ4v) is 3.98. The summed E-state index contributed by atoms with van der Waals surface area (Å²) in [5, 5.41) is 4.62. The molecule has 0 bridgehead atoms. The van der Waals surface area contributed by atoms with Crippen molar-refractivity contribution >= 4 is 33.8 Å². The minimum atomic E-state index is -0.713. The van der Waals surface area contributed by atoms with E-state index >= 15 is 0 Å². The third kappa shape index (κ3) is 4.28. The van der Waals surface area contributed by atoms with Gasteiger partial charge in [0.05, 0.1) is 29.5 Å². The Labute approximate surface area is 193 Å². The molecule has 0 radical (unpaired) electrons. The minimum Gasteiger partial charge on any atom is -0.347 e. The van der Waals surface area contributed by atoms with E-state index in [4.69, 9.17) is 0 Å². The highest BCUT2D eigenvalue weighted by Crippen LogP contribution is 2.32. The number of hydrogen-bond acceptors (Lipinski definition) is 2. The zero-order valence-electron chi connectivity index (χ0n) is 17.8. The van der Waals surface area contributed by atoms with Crippen LogP contribution in [0.2, 0.25) is 0 Å². The summed E-state index contributed by atoms with van der Waals surface area (Å²) < 4.78 is 42.4. The predicted octanol–water partition coefficient (Wildman–Crippen LogP) is 5.93. The molecule has 3 aromatic carbocycles. The smallest absolute Gasteiger partial charge is 0.244 e. The molecule has 5 rings (SSSR count). The standard InChI is InChI=1S/C27H18F3N3O/c28-18-4-3-5-22(13-18)33-25-7-2-1-6-23(25)24-14-21(31-16-26(24)33)15-32-27(34)9-8-17-10-19(29)12-20(30)11-17/h1-14,16H,15H2,(H,32,34)/b9-8+. The number of para-hydroxylation sites is 1. The monoisotopic (exact) mass is 457 g/mol. The molecule has 4 nitrogen and oxygen atoms in total. The van der Waals surface area contributed by atoms with Gasteiger partial charge < -0.3 is 9.88 Å². The normalized spacial score (nSPS) is 11.5. The van der Waals surface area contributed by atoms with E-state index in [9.17, 15) is 18.0 Å². The molecular formula is C27H18F3N3O. The second kappa shape index (κ2) is 8.86. The van der Waals surface area contributed by atoms with E-state index in [1.54, 1.807) is 12.3 Å². The van der Waals surface area contributed by atoms with Gasteiger partial charge in [-0.15, -0.1) is 0 Å². The number of nitrogens with zero attached hydrogens (tertiary/aromatic N) is 2. The third-order valence-corrected chi connectivity index (χ3v) is 5.44. The summed E-state index contributed by atoms with van der Waals surface area (Å²) in [7, 11) is 0. The van der Waals surface area contributed by atoms with Crippen LogP contribution in [0.5, 0.6) is 0 Å². The van der Waals surface area contributed by atoms with Crippen molar-refractivity contribution in [3.63, 3.8) is 0 Å². The van der Waals surface area contributed by atoms with Crippen molar-refractivity contribution in [1.82, 2.24) is 14.9 Å². The Morgan fingerprint density at radius 2 is 1.65 bits per heavy atom. The molecule has 0 aliphatic heterocycles. The maximum atomic E-state index is 13.9. The molecule has 1 N–H and O–H groups in total. The molecule has 2 heterocycles. The van der Waals surface area contributed by atoms with Gasteiger partial charge in [-0.25, -0.2) is 13.2 Å². The van der Waals surface area contributed by atoms with E-state index < -0.39 is 17.5 Å². The molecule has 168 valence electrons. The number of nitrogens with one attached hydrogen (secondary N) is 1. The van der Waals surface area contributed by atoms with Gasteiger partial charge in [-0.1, -0.05) is 24.3 Å². The summed E-state index contributed by atoms with van der Waals surface area (Å²) in [6.07, 6.45) is 4.25. The lowest BCUT2D eigenvalue weighted by molar-refractivity contribution is -0.116. The Kier molecular flexibility index (Phi) is 5.59. The number of benzene rings is 3. The van der Waals surface area contributed by atoms with E-state index in [-0.39, 0.29) is 17.9 Å². The zero-order chi connectivity index (χ0) is 23.7. The number of carbonyl (C=O) groups excluding carboxylic acids is 1. The van der Waals surface area contributed by atoms with Gasteiger partial charge >= 0.3 is 0 Å². The fraction of sp³-hybridized carbons (Fsp3) is 0.0370. The quantitative estimate of drug-likeness (QED) is 0.333. The number of rotatable bonds is 5.